The van der Waals surface area contributed by atoms with Gasteiger partial charge in [-0.05, 0) is 30.5 Å². The molecule has 0 aliphatic rings. The van der Waals surface area contributed by atoms with Gasteiger partial charge < -0.3 is 10.5 Å². The van der Waals surface area contributed by atoms with E-state index in [9.17, 15) is 0 Å². The van der Waals surface area contributed by atoms with Gasteiger partial charge in [-0.3, -0.25) is 0 Å². The van der Waals surface area contributed by atoms with Crippen LogP contribution in [0.2, 0.25) is 0 Å². The van der Waals surface area contributed by atoms with Crippen molar-refractivity contribution in [2.75, 3.05) is 13.7 Å². The third-order valence-corrected chi connectivity index (χ3v) is 2.96. The quantitative estimate of drug-likeness (QED) is 0.826. The van der Waals surface area contributed by atoms with E-state index in [0.717, 1.165) is 5.75 Å². The van der Waals surface area contributed by atoms with E-state index in [2.05, 4.69) is 39.8 Å². The minimum atomic E-state index is 0.0296. The zero-order chi connectivity index (χ0) is 11.6. The Morgan fingerprint density at radius 3 is 2.00 bits per heavy atom. The summed E-state index contributed by atoms with van der Waals surface area (Å²) in [7, 11) is 1.71. The van der Waals surface area contributed by atoms with Crippen molar-refractivity contribution in [3.63, 3.8) is 0 Å². The highest BCUT2D eigenvalue weighted by Crippen LogP contribution is 2.30. The lowest BCUT2D eigenvalue weighted by molar-refractivity contribution is 0.407. The Morgan fingerprint density at radius 1 is 1.20 bits per heavy atom. The van der Waals surface area contributed by atoms with Crippen LogP contribution in [-0.4, -0.2) is 13.7 Å². The second-order valence-electron chi connectivity index (χ2n) is 4.73. The number of aryl methyl sites for hydroxylation is 2. The molecule has 2 heteroatoms. The summed E-state index contributed by atoms with van der Waals surface area (Å²) in [5, 5.41) is 0. The highest BCUT2D eigenvalue weighted by molar-refractivity contribution is 5.45. The standard InChI is InChI=1S/C13H21NO/c1-9-6-11(13(3,4)8-14)7-10(2)12(9)15-5/h6-7H,8,14H2,1-5H3. The van der Waals surface area contributed by atoms with E-state index in [1.54, 1.807) is 7.11 Å². The summed E-state index contributed by atoms with van der Waals surface area (Å²) in [6, 6.07) is 4.33. The SMILES string of the molecule is COc1c(C)cc(C(C)(C)CN)cc1C. The van der Waals surface area contributed by atoms with Gasteiger partial charge in [-0.15, -0.1) is 0 Å². The molecule has 0 unspecified atom stereocenters. The van der Waals surface area contributed by atoms with Crippen LogP contribution in [0.15, 0.2) is 12.1 Å². The molecule has 0 amide bonds. The van der Waals surface area contributed by atoms with E-state index in [-0.39, 0.29) is 5.41 Å². The molecule has 0 aromatic heterocycles. The van der Waals surface area contributed by atoms with Gasteiger partial charge in [0.1, 0.15) is 5.75 Å². The van der Waals surface area contributed by atoms with E-state index >= 15 is 0 Å². The zero-order valence-electron chi connectivity index (χ0n) is 10.3. The predicted octanol–water partition coefficient (Wildman–Crippen LogP) is 2.55. The van der Waals surface area contributed by atoms with Crippen molar-refractivity contribution >= 4 is 0 Å². The molecule has 0 aliphatic heterocycles. The van der Waals surface area contributed by atoms with Gasteiger partial charge in [-0.2, -0.15) is 0 Å². The average molecular weight is 207 g/mol. The Balaban J connectivity index is 3.26. The first-order valence-corrected chi connectivity index (χ1v) is 5.28. The highest BCUT2D eigenvalue weighted by atomic mass is 16.5. The highest BCUT2D eigenvalue weighted by Gasteiger charge is 2.20. The molecule has 0 atom stereocenters. The molecule has 0 spiro atoms. The molecule has 0 bridgehead atoms. The zero-order valence-corrected chi connectivity index (χ0v) is 10.3. The first-order valence-electron chi connectivity index (χ1n) is 5.28. The van der Waals surface area contributed by atoms with Crippen LogP contribution >= 0.6 is 0 Å². The number of nitrogens with two attached hydrogens (primary N) is 1. The van der Waals surface area contributed by atoms with Crippen molar-refractivity contribution in [2.24, 2.45) is 5.73 Å². The molecule has 2 nitrogen and oxygen atoms in total. The van der Waals surface area contributed by atoms with Crippen LogP contribution in [0.25, 0.3) is 0 Å². The van der Waals surface area contributed by atoms with Crippen LogP contribution in [0, 0.1) is 13.8 Å². The van der Waals surface area contributed by atoms with Crippen LogP contribution in [0.5, 0.6) is 5.75 Å². The molecular formula is C13H21NO. The second kappa shape index (κ2) is 4.23. The number of benzene rings is 1. The van der Waals surface area contributed by atoms with E-state index in [4.69, 9.17) is 10.5 Å². The van der Waals surface area contributed by atoms with Gasteiger partial charge in [0.15, 0.2) is 0 Å². The molecule has 1 rings (SSSR count). The molecule has 0 radical (unpaired) electrons. The molecular weight excluding hydrogens is 186 g/mol. The Kier molecular flexibility index (Phi) is 3.40. The second-order valence-corrected chi connectivity index (χ2v) is 4.73. The molecule has 0 heterocycles. The average Bonchev–Trinajstić information content (AvgIpc) is 2.17. The van der Waals surface area contributed by atoms with Gasteiger partial charge >= 0.3 is 0 Å². The lowest BCUT2D eigenvalue weighted by Crippen LogP contribution is -2.28. The third-order valence-electron chi connectivity index (χ3n) is 2.96. The number of ether oxygens (including phenoxy) is 1. The van der Waals surface area contributed by atoms with E-state index in [0.29, 0.717) is 6.54 Å². The molecule has 1 aromatic rings. The van der Waals surface area contributed by atoms with Gasteiger partial charge in [-0.1, -0.05) is 26.0 Å². The van der Waals surface area contributed by atoms with Gasteiger partial charge in [0.05, 0.1) is 7.11 Å². The van der Waals surface area contributed by atoms with Crippen LogP contribution in [0.1, 0.15) is 30.5 Å². The predicted molar refractivity (Wildman–Crippen MR) is 64.5 cm³/mol. The van der Waals surface area contributed by atoms with Crippen LogP contribution in [0.3, 0.4) is 0 Å². The maximum atomic E-state index is 5.78. The molecule has 84 valence electrons. The fourth-order valence-corrected chi connectivity index (χ4v) is 1.78. The largest absolute Gasteiger partial charge is 0.496 e. The Bertz CT molecular complexity index is 333. The monoisotopic (exact) mass is 207 g/mol. The van der Waals surface area contributed by atoms with Gasteiger partial charge in [0.25, 0.3) is 0 Å². The number of methoxy groups -OCH3 is 1. The minimum Gasteiger partial charge on any atom is -0.496 e. The van der Waals surface area contributed by atoms with Crippen LogP contribution in [0.4, 0.5) is 0 Å². The first-order chi connectivity index (χ1) is 6.92. The summed E-state index contributed by atoms with van der Waals surface area (Å²) in [6.45, 7) is 9.11. The maximum Gasteiger partial charge on any atom is 0.124 e. The fourth-order valence-electron chi connectivity index (χ4n) is 1.78. The molecule has 15 heavy (non-hydrogen) atoms. The van der Waals surface area contributed by atoms with Gasteiger partial charge in [0, 0.05) is 12.0 Å². The van der Waals surface area contributed by atoms with Crippen molar-refractivity contribution in [2.45, 2.75) is 33.1 Å². The summed E-state index contributed by atoms with van der Waals surface area (Å²) >= 11 is 0. The molecule has 2 N–H and O–H groups in total. The molecule has 0 saturated carbocycles. The van der Waals surface area contributed by atoms with Gasteiger partial charge in [0.2, 0.25) is 0 Å². The molecule has 0 fully saturated rings. The van der Waals surface area contributed by atoms with E-state index < -0.39 is 0 Å². The molecule has 0 saturated heterocycles. The number of hydrogen-bond acceptors (Lipinski definition) is 2. The summed E-state index contributed by atoms with van der Waals surface area (Å²) < 4.78 is 5.35. The summed E-state index contributed by atoms with van der Waals surface area (Å²) in [4.78, 5) is 0. The smallest absolute Gasteiger partial charge is 0.124 e. The topological polar surface area (TPSA) is 35.2 Å². The van der Waals surface area contributed by atoms with Crippen molar-refractivity contribution in [1.82, 2.24) is 0 Å². The molecule has 1 aromatic carbocycles. The summed E-state index contributed by atoms with van der Waals surface area (Å²) in [5.74, 6) is 0.978. The lowest BCUT2D eigenvalue weighted by Gasteiger charge is -2.25. The van der Waals surface area contributed by atoms with Crippen LogP contribution in [-0.2, 0) is 5.41 Å². The van der Waals surface area contributed by atoms with Crippen molar-refractivity contribution in [3.05, 3.63) is 28.8 Å². The Labute approximate surface area is 92.4 Å². The lowest BCUT2D eigenvalue weighted by atomic mass is 9.83. The normalized spacial score (nSPS) is 11.6. The molecule has 0 aliphatic carbocycles. The van der Waals surface area contributed by atoms with E-state index in [1.165, 1.54) is 16.7 Å². The summed E-state index contributed by atoms with van der Waals surface area (Å²) in [6.07, 6.45) is 0. The number of hydrogen-bond donors (Lipinski definition) is 1. The summed E-state index contributed by atoms with van der Waals surface area (Å²) in [5.41, 5.74) is 9.44. The first kappa shape index (κ1) is 12.1. The number of rotatable bonds is 3. The van der Waals surface area contributed by atoms with E-state index in [1.807, 2.05) is 0 Å². The Hall–Kier alpha value is -1.02. The fraction of sp³-hybridized carbons (Fsp3) is 0.538. The van der Waals surface area contributed by atoms with Crippen LogP contribution < -0.4 is 10.5 Å². The third kappa shape index (κ3) is 2.32. The minimum absolute atomic E-state index is 0.0296. The van der Waals surface area contributed by atoms with Crippen molar-refractivity contribution in [1.29, 1.82) is 0 Å². The maximum absolute atomic E-state index is 5.78. The van der Waals surface area contributed by atoms with Crippen molar-refractivity contribution < 1.29 is 4.74 Å². The van der Waals surface area contributed by atoms with Crippen molar-refractivity contribution in [3.8, 4) is 5.75 Å². The van der Waals surface area contributed by atoms with Gasteiger partial charge in [-0.25, -0.2) is 0 Å². The Morgan fingerprint density at radius 2 is 1.67 bits per heavy atom.